The smallest absolute Gasteiger partial charge is 0.243 e. The first kappa shape index (κ1) is 22.5. The molecule has 7 heteroatoms. The van der Waals surface area contributed by atoms with Crippen molar-refractivity contribution in [3.05, 3.63) is 96.1 Å². The fourth-order valence-electron chi connectivity index (χ4n) is 3.08. The number of carbonyl (C=O) groups excluding carboxylic acids is 1. The van der Waals surface area contributed by atoms with E-state index in [9.17, 15) is 13.2 Å². The Bertz CT molecular complexity index is 1070. The summed E-state index contributed by atoms with van der Waals surface area (Å²) in [5, 5.41) is 2.80. The monoisotopic (exact) mass is 438 g/mol. The van der Waals surface area contributed by atoms with E-state index in [0.717, 1.165) is 16.9 Å². The second-order valence-electron chi connectivity index (χ2n) is 7.01. The Hall–Kier alpha value is -3.16. The van der Waals surface area contributed by atoms with Gasteiger partial charge in [0.25, 0.3) is 0 Å². The number of hydrogen-bond donors (Lipinski definition) is 1. The third-order valence-corrected chi connectivity index (χ3v) is 6.70. The van der Waals surface area contributed by atoms with Crippen LogP contribution in [0.5, 0.6) is 5.75 Å². The number of benzene rings is 3. The van der Waals surface area contributed by atoms with Crippen LogP contribution in [-0.4, -0.2) is 38.8 Å². The largest absolute Gasteiger partial charge is 0.497 e. The Balaban J connectivity index is 1.69. The second kappa shape index (κ2) is 10.7. The fourth-order valence-corrected chi connectivity index (χ4v) is 4.50. The summed E-state index contributed by atoms with van der Waals surface area (Å²) in [4.78, 5) is 12.8. The number of ether oxygens (including phenoxy) is 1. The number of carbonyl (C=O) groups is 1. The molecule has 162 valence electrons. The molecule has 0 spiro atoms. The third kappa shape index (κ3) is 6.41. The molecule has 0 fully saturated rings. The summed E-state index contributed by atoms with van der Waals surface area (Å²) in [6, 6.07) is 25.1. The molecule has 0 aliphatic carbocycles. The SMILES string of the molecule is COc1ccc(CNC(=O)CN(CCc2ccccc2)S(=O)(=O)c2ccccc2)cc1. The van der Waals surface area contributed by atoms with Crippen LogP contribution in [0.1, 0.15) is 11.1 Å². The van der Waals surface area contributed by atoms with Crippen molar-refractivity contribution in [1.82, 2.24) is 9.62 Å². The van der Waals surface area contributed by atoms with Crippen LogP contribution in [0.2, 0.25) is 0 Å². The van der Waals surface area contributed by atoms with Crippen LogP contribution in [-0.2, 0) is 27.8 Å². The number of methoxy groups -OCH3 is 1. The van der Waals surface area contributed by atoms with Gasteiger partial charge in [0.05, 0.1) is 18.6 Å². The van der Waals surface area contributed by atoms with Gasteiger partial charge in [0.15, 0.2) is 0 Å². The molecule has 0 saturated carbocycles. The van der Waals surface area contributed by atoms with E-state index in [1.165, 1.54) is 4.31 Å². The van der Waals surface area contributed by atoms with Crippen molar-refractivity contribution in [2.24, 2.45) is 0 Å². The number of nitrogens with one attached hydrogen (secondary N) is 1. The molecule has 1 N–H and O–H groups in total. The zero-order chi connectivity index (χ0) is 22.1. The Kier molecular flexibility index (Phi) is 7.81. The van der Waals surface area contributed by atoms with Crippen LogP contribution in [0.3, 0.4) is 0 Å². The lowest BCUT2D eigenvalue weighted by Crippen LogP contribution is -2.41. The quantitative estimate of drug-likeness (QED) is 0.527. The summed E-state index contributed by atoms with van der Waals surface area (Å²) in [6.45, 7) is 0.262. The van der Waals surface area contributed by atoms with Crippen LogP contribution >= 0.6 is 0 Å². The zero-order valence-corrected chi connectivity index (χ0v) is 18.2. The third-order valence-electron chi connectivity index (χ3n) is 4.84. The van der Waals surface area contributed by atoms with Crippen LogP contribution < -0.4 is 10.1 Å². The Labute approximate surface area is 183 Å². The maximum atomic E-state index is 13.2. The molecule has 1 amide bonds. The topological polar surface area (TPSA) is 75.7 Å². The van der Waals surface area contributed by atoms with Crippen molar-refractivity contribution in [3.63, 3.8) is 0 Å². The van der Waals surface area contributed by atoms with Crippen LogP contribution in [0, 0.1) is 0 Å². The van der Waals surface area contributed by atoms with E-state index in [-0.39, 0.29) is 23.9 Å². The summed E-state index contributed by atoms with van der Waals surface area (Å²) in [6.07, 6.45) is 0.513. The van der Waals surface area contributed by atoms with Crippen LogP contribution in [0.25, 0.3) is 0 Å². The number of nitrogens with zero attached hydrogens (tertiary/aromatic N) is 1. The molecule has 31 heavy (non-hydrogen) atoms. The molecule has 0 aliphatic heterocycles. The number of sulfonamides is 1. The lowest BCUT2D eigenvalue weighted by molar-refractivity contribution is -0.121. The number of rotatable bonds is 10. The van der Waals surface area contributed by atoms with Gasteiger partial charge in [-0.3, -0.25) is 4.79 Å². The first-order valence-electron chi connectivity index (χ1n) is 9.98. The van der Waals surface area contributed by atoms with E-state index in [1.807, 2.05) is 54.6 Å². The van der Waals surface area contributed by atoms with Crippen molar-refractivity contribution >= 4 is 15.9 Å². The average molecular weight is 439 g/mol. The Morgan fingerprint density at radius 2 is 1.48 bits per heavy atom. The van der Waals surface area contributed by atoms with E-state index in [4.69, 9.17) is 4.74 Å². The molecule has 0 saturated heterocycles. The predicted octanol–water partition coefficient (Wildman–Crippen LogP) is 3.25. The summed E-state index contributed by atoms with van der Waals surface area (Å²) in [5.41, 5.74) is 1.91. The number of hydrogen-bond acceptors (Lipinski definition) is 4. The van der Waals surface area contributed by atoms with Crippen molar-refractivity contribution in [2.45, 2.75) is 17.9 Å². The minimum Gasteiger partial charge on any atom is -0.497 e. The maximum Gasteiger partial charge on any atom is 0.243 e. The molecule has 0 atom stereocenters. The molecule has 6 nitrogen and oxygen atoms in total. The van der Waals surface area contributed by atoms with Gasteiger partial charge in [-0.1, -0.05) is 60.7 Å². The predicted molar refractivity (Wildman–Crippen MR) is 120 cm³/mol. The van der Waals surface area contributed by atoms with E-state index in [2.05, 4.69) is 5.32 Å². The molecule has 0 unspecified atom stereocenters. The Morgan fingerprint density at radius 3 is 2.10 bits per heavy atom. The molecule has 0 heterocycles. The molecule has 0 aromatic heterocycles. The van der Waals surface area contributed by atoms with Gasteiger partial charge in [-0.05, 0) is 41.8 Å². The van der Waals surface area contributed by atoms with Gasteiger partial charge < -0.3 is 10.1 Å². The minimum absolute atomic E-state index is 0.172. The fraction of sp³-hybridized carbons (Fsp3) is 0.208. The van der Waals surface area contributed by atoms with Crippen molar-refractivity contribution in [2.75, 3.05) is 20.2 Å². The standard InChI is InChI=1S/C24H26N2O4S/c1-30-22-14-12-21(13-15-22)18-25-24(27)19-26(17-16-20-8-4-2-5-9-20)31(28,29)23-10-6-3-7-11-23/h2-15H,16-19H2,1H3,(H,25,27). The van der Waals surface area contributed by atoms with Crippen molar-refractivity contribution in [3.8, 4) is 5.75 Å². The van der Waals surface area contributed by atoms with Gasteiger partial charge >= 0.3 is 0 Å². The minimum atomic E-state index is -3.80. The summed E-state index contributed by atoms with van der Waals surface area (Å²) in [5.74, 6) is 0.375. The van der Waals surface area contributed by atoms with Gasteiger partial charge in [-0.2, -0.15) is 4.31 Å². The van der Waals surface area contributed by atoms with Crippen LogP contribution in [0.15, 0.2) is 89.8 Å². The average Bonchev–Trinajstić information content (AvgIpc) is 2.82. The molecule has 3 aromatic carbocycles. The maximum absolute atomic E-state index is 13.2. The summed E-state index contributed by atoms with van der Waals surface area (Å²) < 4.78 is 32.7. The van der Waals surface area contributed by atoms with Crippen molar-refractivity contribution < 1.29 is 17.9 Å². The molecular formula is C24H26N2O4S. The molecule has 3 aromatic rings. The highest BCUT2D eigenvalue weighted by atomic mass is 32.2. The summed E-state index contributed by atoms with van der Waals surface area (Å²) >= 11 is 0. The van der Waals surface area contributed by atoms with Crippen LogP contribution in [0.4, 0.5) is 0 Å². The molecule has 0 aliphatic rings. The highest BCUT2D eigenvalue weighted by molar-refractivity contribution is 7.89. The van der Waals surface area contributed by atoms with E-state index in [1.54, 1.807) is 37.4 Å². The highest BCUT2D eigenvalue weighted by Crippen LogP contribution is 2.16. The van der Waals surface area contributed by atoms with Gasteiger partial charge in [0, 0.05) is 13.1 Å². The molecule has 3 rings (SSSR count). The lowest BCUT2D eigenvalue weighted by atomic mass is 10.1. The first-order valence-corrected chi connectivity index (χ1v) is 11.4. The van der Waals surface area contributed by atoms with E-state index < -0.39 is 10.0 Å². The highest BCUT2D eigenvalue weighted by Gasteiger charge is 2.26. The summed E-state index contributed by atoms with van der Waals surface area (Å²) in [7, 11) is -2.21. The second-order valence-corrected chi connectivity index (χ2v) is 8.95. The van der Waals surface area contributed by atoms with Gasteiger partial charge in [-0.15, -0.1) is 0 Å². The Morgan fingerprint density at radius 1 is 0.871 bits per heavy atom. The van der Waals surface area contributed by atoms with E-state index in [0.29, 0.717) is 13.0 Å². The van der Waals surface area contributed by atoms with Crippen molar-refractivity contribution in [1.29, 1.82) is 0 Å². The van der Waals surface area contributed by atoms with Gasteiger partial charge in [-0.25, -0.2) is 8.42 Å². The number of amides is 1. The molecule has 0 bridgehead atoms. The van der Waals surface area contributed by atoms with Gasteiger partial charge in [0.1, 0.15) is 5.75 Å². The molecular weight excluding hydrogens is 412 g/mol. The van der Waals surface area contributed by atoms with Gasteiger partial charge in [0.2, 0.25) is 15.9 Å². The zero-order valence-electron chi connectivity index (χ0n) is 17.4. The first-order chi connectivity index (χ1) is 15.0. The normalized spacial score (nSPS) is 11.3. The lowest BCUT2D eigenvalue weighted by Gasteiger charge is -2.22. The molecule has 0 radical (unpaired) electrons. The van der Waals surface area contributed by atoms with E-state index >= 15 is 0 Å².